The highest BCUT2D eigenvalue weighted by atomic mass is 35.5. The molecule has 0 radical (unpaired) electrons. The zero-order valence-electron chi connectivity index (χ0n) is 13.1. The number of amides is 1. The summed E-state index contributed by atoms with van der Waals surface area (Å²) in [5, 5.41) is 0.463. The van der Waals surface area contributed by atoms with Crippen molar-refractivity contribution in [2.24, 2.45) is 0 Å². The third kappa shape index (κ3) is 3.89. The number of pyridine rings is 1. The molecule has 0 N–H and O–H groups in total. The van der Waals surface area contributed by atoms with Gasteiger partial charge < -0.3 is 19.1 Å². The molecule has 1 amide bonds. The van der Waals surface area contributed by atoms with E-state index in [1.807, 2.05) is 0 Å². The Morgan fingerprint density at radius 3 is 2.62 bits per heavy atom. The number of benzene rings is 1. The lowest BCUT2D eigenvalue weighted by atomic mass is 10.1. The number of carbonyl (C=O) groups is 1. The lowest BCUT2D eigenvalue weighted by molar-refractivity contribution is -0.142. The molecule has 1 aromatic heterocycles. The lowest BCUT2D eigenvalue weighted by Gasteiger charge is -2.38. The smallest absolute Gasteiger partial charge is 0.260 e. The lowest BCUT2D eigenvalue weighted by Crippen LogP contribution is -2.57. The van der Waals surface area contributed by atoms with Crippen LogP contribution in [0.15, 0.2) is 42.6 Å². The second kappa shape index (κ2) is 7.40. The minimum absolute atomic E-state index is 0.0105. The van der Waals surface area contributed by atoms with Crippen LogP contribution in [0, 0.1) is 0 Å². The average Bonchev–Trinajstić information content (AvgIpc) is 2.57. The minimum Gasteiger partial charge on any atom is -0.497 e. The van der Waals surface area contributed by atoms with E-state index >= 15 is 0 Å². The van der Waals surface area contributed by atoms with Crippen LogP contribution >= 0.6 is 11.6 Å². The van der Waals surface area contributed by atoms with Gasteiger partial charge in [-0.25, -0.2) is 4.98 Å². The monoisotopic (exact) mass is 348 g/mol. The molecular formula is C17H17ClN2O4. The molecule has 0 saturated carbocycles. The highest BCUT2D eigenvalue weighted by Gasteiger charge is 2.33. The standard InChI is InChI=1S/C17H17ClN2O4/c1-22-12-4-6-13(7-5-12)23-11-16(21)20-9-14(10-20)24-17-15(18)3-2-8-19-17/h2-8,14H,9-11H2,1H3. The highest BCUT2D eigenvalue weighted by molar-refractivity contribution is 6.31. The first-order valence-electron chi connectivity index (χ1n) is 7.47. The maximum atomic E-state index is 12.1. The second-order valence-corrected chi connectivity index (χ2v) is 5.70. The largest absolute Gasteiger partial charge is 0.497 e. The number of ether oxygens (including phenoxy) is 3. The van der Waals surface area contributed by atoms with Crippen LogP contribution in [0.2, 0.25) is 5.02 Å². The van der Waals surface area contributed by atoms with Crippen molar-refractivity contribution < 1.29 is 19.0 Å². The van der Waals surface area contributed by atoms with Crippen molar-refractivity contribution in [3.05, 3.63) is 47.6 Å². The molecule has 1 fully saturated rings. The van der Waals surface area contributed by atoms with Gasteiger partial charge in [-0.15, -0.1) is 0 Å². The average molecular weight is 349 g/mol. The van der Waals surface area contributed by atoms with Crippen LogP contribution < -0.4 is 14.2 Å². The van der Waals surface area contributed by atoms with E-state index in [9.17, 15) is 4.79 Å². The number of carbonyl (C=O) groups excluding carboxylic acids is 1. The van der Waals surface area contributed by atoms with Crippen LogP contribution in [0.3, 0.4) is 0 Å². The van der Waals surface area contributed by atoms with Crippen molar-refractivity contribution in [2.45, 2.75) is 6.10 Å². The van der Waals surface area contributed by atoms with Crippen molar-refractivity contribution in [2.75, 3.05) is 26.8 Å². The molecule has 126 valence electrons. The summed E-state index contributed by atoms with van der Waals surface area (Å²) in [6.07, 6.45) is 1.52. The Hall–Kier alpha value is -2.47. The topological polar surface area (TPSA) is 60.9 Å². The molecule has 24 heavy (non-hydrogen) atoms. The molecular weight excluding hydrogens is 332 g/mol. The molecule has 0 bridgehead atoms. The quantitative estimate of drug-likeness (QED) is 0.802. The van der Waals surface area contributed by atoms with Gasteiger partial charge in [0.25, 0.3) is 5.91 Å². The first kappa shape index (κ1) is 16.4. The molecule has 2 aromatic rings. The van der Waals surface area contributed by atoms with E-state index in [0.29, 0.717) is 29.7 Å². The molecule has 1 aliphatic heterocycles. The first-order chi connectivity index (χ1) is 11.7. The molecule has 1 aromatic carbocycles. The van der Waals surface area contributed by atoms with Crippen molar-refractivity contribution >= 4 is 17.5 Å². The molecule has 1 aliphatic rings. The number of likely N-dealkylation sites (tertiary alicyclic amines) is 1. The number of methoxy groups -OCH3 is 1. The van der Waals surface area contributed by atoms with E-state index in [1.54, 1.807) is 54.6 Å². The maximum absolute atomic E-state index is 12.1. The van der Waals surface area contributed by atoms with Gasteiger partial charge in [0, 0.05) is 6.20 Å². The third-order valence-electron chi connectivity index (χ3n) is 3.63. The fourth-order valence-electron chi connectivity index (χ4n) is 2.24. The summed E-state index contributed by atoms with van der Waals surface area (Å²) in [5.74, 6) is 1.67. The zero-order chi connectivity index (χ0) is 16.9. The number of halogens is 1. The van der Waals surface area contributed by atoms with Crippen molar-refractivity contribution in [1.29, 1.82) is 0 Å². The van der Waals surface area contributed by atoms with Crippen LogP contribution in [0.1, 0.15) is 0 Å². The first-order valence-corrected chi connectivity index (χ1v) is 7.85. The molecule has 1 saturated heterocycles. The Balaban J connectivity index is 1.42. The summed E-state index contributed by atoms with van der Waals surface area (Å²) in [5.41, 5.74) is 0. The third-order valence-corrected chi connectivity index (χ3v) is 3.91. The molecule has 7 heteroatoms. The maximum Gasteiger partial charge on any atom is 0.260 e. The number of aromatic nitrogens is 1. The fourth-order valence-corrected chi connectivity index (χ4v) is 2.41. The van der Waals surface area contributed by atoms with E-state index in [1.165, 1.54) is 0 Å². The zero-order valence-corrected chi connectivity index (χ0v) is 13.9. The normalized spacial score (nSPS) is 14.0. The summed E-state index contributed by atoms with van der Waals surface area (Å²) >= 11 is 5.99. The minimum atomic E-state index is -0.0951. The van der Waals surface area contributed by atoms with Gasteiger partial charge >= 0.3 is 0 Å². The van der Waals surface area contributed by atoms with Gasteiger partial charge in [0.1, 0.15) is 22.6 Å². The van der Waals surface area contributed by atoms with Crippen molar-refractivity contribution in [3.63, 3.8) is 0 Å². The van der Waals surface area contributed by atoms with Gasteiger partial charge in [-0.1, -0.05) is 11.6 Å². The van der Waals surface area contributed by atoms with E-state index in [0.717, 1.165) is 5.75 Å². The Morgan fingerprint density at radius 1 is 1.25 bits per heavy atom. The van der Waals surface area contributed by atoms with Gasteiger partial charge in [-0.3, -0.25) is 4.79 Å². The van der Waals surface area contributed by atoms with E-state index < -0.39 is 0 Å². The Labute approximate surface area is 144 Å². The summed E-state index contributed by atoms with van der Waals surface area (Å²) < 4.78 is 16.2. The van der Waals surface area contributed by atoms with Gasteiger partial charge in [0.05, 0.1) is 20.2 Å². The van der Waals surface area contributed by atoms with Gasteiger partial charge in [-0.05, 0) is 36.4 Å². The number of nitrogens with zero attached hydrogens (tertiary/aromatic N) is 2. The molecule has 0 atom stereocenters. The summed E-state index contributed by atoms with van der Waals surface area (Å²) in [6.45, 7) is 0.985. The highest BCUT2D eigenvalue weighted by Crippen LogP contribution is 2.24. The predicted molar refractivity (Wildman–Crippen MR) is 88.7 cm³/mol. The summed E-state index contributed by atoms with van der Waals surface area (Å²) in [7, 11) is 1.60. The van der Waals surface area contributed by atoms with Crippen LogP contribution in [0.25, 0.3) is 0 Å². The predicted octanol–water partition coefficient (Wildman–Crippen LogP) is 2.41. The Kier molecular flexibility index (Phi) is 5.05. The molecule has 2 heterocycles. The van der Waals surface area contributed by atoms with Crippen molar-refractivity contribution in [3.8, 4) is 17.4 Å². The molecule has 3 rings (SSSR count). The van der Waals surface area contributed by atoms with Gasteiger partial charge in [0.2, 0.25) is 5.88 Å². The molecule has 6 nitrogen and oxygen atoms in total. The number of hydrogen-bond acceptors (Lipinski definition) is 5. The Bertz CT molecular complexity index is 702. The van der Waals surface area contributed by atoms with Crippen LogP contribution in [0.5, 0.6) is 17.4 Å². The van der Waals surface area contributed by atoms with E-state index in [4.69, 9.17) is 25.8 Å². The number of rotatable bonds is 6. The van der Waals surface area contributed by atoms with Crippen LogP contribution in [-0.4, -0.2) is 48.7 Å². The van der Waals surface area contributed by atoms with Crippen LogP contribution in [-0.2, 0) is 4.79 Å². The second-order valence-electron chi connectivity index (χ2n) is 5.29. The Morgan fingerprint density at radius 2 is 1.96 bits per heavy atom. The summed E-state index contributed by atoms with van der Waals surface area (Å²) in [4.78, 5) is 17.8. The van der Waals surface area contributed by atoms with Crippen molar-refractivity contribution in [1.82, 2.24) is 9.88 Å². The molecule has 0 unspecified atom stereocenters. The van der Waals surface area contributed by atoms with E-state index in [-0.39, 0.29) is 18.6 Å². The van der Waals surface area contributed by atoms with Crippen LogP contribution in [0.4, 0.5) is 0 Å². The number of hydrogen-bond donors (Lipinski definition) is 0. The molecule has 0 spiro atoms. The fraction of sp³-hybridized carbons (Fsp3) is 0.294. The molecule has 0 aliphatic carbocycles. The van der Waals surface area contributed by atoms with Gasteiger partial charge in [0.15, 0.2) is 6.61 Å². The van der Waals surface area contributed by atoms with Gasteiger partial charge in [-0.2, -0.15) is 0 Å². The summed E-state index contributed by atoms with van der Waals surface area (Å²) in [6, 6.07) is 10.5. The van der Waals surface area contributed by atoms with E-state index in [2.05, 4.69) is 4.98 Å². The SMILES string of the molecule is COc1ccc(OCC(=O)N2CC(Oc3ncccc3Cl)C2)cc1.